The third-order valence-corrected chi connectivity index (χ3v) is 5.64. The van der Waals surface area contributed by atoms with Gasteiger partial charge in [0.15, 0.2) is 8.83 Å². The third kappa shape index (κ3) is 15.0. The van der Waals surface area contributed by atoms with Crippen LogP contribution in [0.1, 0.15) is 0 Å². The Morgan fingerprint density at radius 3 is 1.57 bits per heavy atom. The van der Waals surface area contributed by atoms with Crippen molar-refractivity contribution in [3.05, 3.63) is 38.0 Å². The van der Waals surface area contributed by atoms with E-state index in [1.807, 2.05) is 6.08 Å². The van der Waals surface area contributed by atoms with Crippen LogP contribution in [0.5, 0.6) is 0 Å². The van der Waals surface area contributed by atoms with Crippen molar-refractivity contribution in [3.8, 4) is 0 Å². The SMILES string of the molecule is C=CC[Si](Cl)(Cl)CC=C.C=CC[Si]Cl. The van der Waals surface area contributed by atoms with Gasteiger partial charge in [-0.25, -0.2) is 0 Å². The van der Waals surface area contributed by atoms with Gasteiger partial charge in [-0.2, -0.15) is 11.1 Å². The van der Waals surface area contributed by atoms with E-state index in [0.29, 0.717) is 8.83 Å². The second-order valence-corrected chi connectivity index (χ2v) is 11.4. The van der Waals surface area contributed by atoms with Crippen LogP contribution in [0.3, 0.4) is 0 Å². The van der Waals surface area contributed by atoms with E-state index < -0.39 is 6.69 Å². The molecule has 5 heteroatoms. The van der Waals surface area contributed by atoms with Gasteiger partial charge < -0.3 is 0 Å². The quantitative estimate of drug-likeness (QED) is 0.376. The summed E-state index contributed by atoms with van der Waals surface area (Å²) >= 11 is 17.1. The van der Waals surface area contributed by atoms with Gasteiger partial charge in [0.1, 0.15) is 0 Å². The molecular weight excluding hydrogens is 271 g/mol. The van der Waals surface area contributed by atoms with Crippen LogP contribution in [0.2, 0.25) is 18.1 Å². The second-order valence-electron chi connectivity index (χ2n) is 2.47. The first kappa shape index (κ1) is 16.9. The third-order valence-electron chi connectivity index (χ3n) is 1.11. The topological polar surface area (TPSA) is 0 Å². The second kappa shape index (κ2) is 11.6. The molecule has 0 amide bonds. The van der Waals surface area contributed by atoms with Gasteiger partial charge in [-0.15, -0.1) is 41.9 Å². The minimum Gasteiger partial charge on any atom is -0.171 e. The van der Waals surface area contributed by atoms with Crippen molar-refractivity contribution in [2.75, 3.05) is 0 Å². The highest BCUT2D eigenvalue weighted by Gasteiger charge is 2.23. The van der Waals surface area contributed by atoms with Crippen LogP contribution in [0.4, 0.5) is 0 Å². The van der Waals surface area contributed by atoms with Gasteiger partial charge >= 0.3 is 0 Å². The first-order valence-electron chi connectivity index (χ1n) is 4.08. The molecule has 0 aliphatic heterocycles. The maximum absolute atomic E-state index is 5.90. The minimum atomic E-state index is -1.99. The molecule has 14 heavy (non-hydrogen) atoms. The molecule has 0 aliphatic rings. The maximum Gasteiger partial charge on any atom is 0.258 e. The Hall–Kier alpha value is 0.524. The molecule has 0 aromatic rings. The van der Waals surface area contributed by atoms with Crippen LogP contribution >= 0.6 is 33.2 Å². The average Bonchev–Trinajstić information content (AvgIpc) is 2.06. The zero-order valence-corrected chi connectivity index (χ0v) is 12.4. The van der Waals surface area contributed by atoms with E-state index in [1.165, 1.54) is 0 Å². The molecule has 0 atom stereocenters. The fourth-order valence-electron chi connectivity index (χ4n) is 0.560. The Bertz CT molecular complexity index is 157. The monoisotopic (exact) mass is 284 g/mol. The zero-order valence-electron chi connectivity index (χ0n) is 8.11. The number of rotatable bonds is 6. The number of hydrogen-bond acceptors (Lipinski definition) is 0. The van der Waals surface area contributed by atoms with Gasteiger partial charge in [-0.05, 0) is 18.1 Å². The van der Waals surface area contributed by atoms with Crippen molar-refractivity contribution in [3.63, 3.8) is 0 Å². The summed E-state index contributed by atoms with van der Waals surface area (Å²) in [4.78, 5) is 0. The summed E-state index contributed by atoms with van der Waals surface area (Å²) in [5, 5.41) is 0. The van der Waals surface area contributed by atoms with Crippen LogP contribution in [0, 0.1) is 0 Å². The molecule has 0 spiro atoms. The first-order valence-corrected chi connectivity index (χ1v) is 10.7. The van der Waals surface area contributed by atoms with E-state index in [4.69, 9.17) is 33.2 Å². The summed E-state index contributed by atoms with van der Waals surface area (Å²) in [6.07, 6.45) is 5.33. The van der Waals surface area contributed by atoms with E-state index in [1.54, 1.807) is 12.2 Å². The molecule has 0 heterocycles. The summed E-state index contributed by atoms with van der Waals surface area (Å²) in [5.74, 6) is 0. The minimum absolute atomic E-state index is 0.512. The van der Waals surface area contributed by atoms with E-state index >= 15 is 0 Å². The maximum atomic E-state index is 5.90. The lowest BCUT2D eigenvalue weighted by atomic mass is 10.7. The Balaban J connectivity index is 0. The first-order chi connectivity index (χ1) is 6.54. The zero-order chi connectivity index (χ0) is 11.4. The molecule has 0 fully saturated rings. The molecule has 0 saturated carbocycles. The predicted octanol–water partition coefficient (Wildman–Crippen LogP) is 4.73. The molecule has 0 aromatic heterocycles. The Morgan fingerprint density at radius 1 is 1.00 bits per heavy atom. The largest absolute Gasteiger partial charge is 0.258 e. The van der Waals surface area contributed by atoms with E-state index in [0.717, 1.165) is 18.1 Å². The van der Waals surface area contributed by atoms with Gasteiger partial charge in [0.25, 0.3) is 6.69 Å². The van der Waals surface area contributed by atoms with Crippen LogP contribution < -0.4 is 0 Å². The molecule has 0 N–H and O–H groups in total. The van der Waals surface area contributed by atoms with E-state index in [-0.39, 0.29) is 0 Å². The average molecular weight is 286 g/mol. The van der Waals surface area contributed by atoms with Crippen molar-refractivity contribution < 1.29 is 0 Å². The van der Waals surface area contributed by atoms with Gasteiger partial charge in [0, 0.05) is 0 Å². The highest BCUT2D eigenvalue weighted by atomic mass is 35.7. The Labute approximate surface area is 105 Å². The van der Waals surface area contributed by atoms with E-state index in [9.17, 15) is 0 Å². The van der Waals surface area contributed by atoms with Gasteiger partial charge in [0.05, 0.1) is 0 Å². The fraction of sp³-hybridized carbons (Fsp3) is 0.333. The predicted molar refractivity (Wildman–Crippen MR) is 74.1 cm³/mol. The molecule has 0 bridgehead atoms. The molecule has 80 valence electrons. The van der Waals surface area contributed by atoms with Crippen molar-refractivity contribution in [1.29, 1.82) is 0 Å². The lowest BCUT2D eigenvalue weighted by Crippen LogP contribution is -2.15. The van der Waals surface area contributed by atoms with Crippen molar-refractivity contribution >= 4 is 48.8 Å². The molecule has 0 rings (SSSR count). The van der Waals surface area contributed by atoms with Gasteiger partial charge in [-0.3, -0.25) is 0 Å². The standard InChI is InChI=1S/C6H10Cl2Si.C3H5ClSi/c1-3-5-9(7,8)6-4-2;1-2-3-5-4/h3-4H,1-2,5-6H2;2H,1,3H2. The normalized spacial score (nSPS) is 9.64. The lowest BCUT2D eigenvalue weighted by molar-refractivity contribution is 1.57. The molecule has 0 nitrogen and oxygen atoms in total. The molecule has 2 radical (unpaired) electrons. The van der Waals surface area contributed by atoms with Crippen LogP contribution in [-0.2, 0) is 0 Å². The van der Waals surface area contributed by atoms with Crippen LogP contribution in [0.25, 0.3) is 0 Å². The van der Waals surface area contributed by atoms with Crippen molar-refractivity contribution in [1.82, 2.24) is 0 Å². The highest BCUT2D eigenvalue weighted by molar-refractivity contribution is 7.45. The van der Waals surface area contributed by atoms with E-state index in [2.05, 4.69) is 19.7 Å². The molecule has 0 unspecified atom stereocenters. The lowest BCUT2D eigenvalue weighted by Gasteiger charge is -2.09. The summed E-state index contributed by atoms with van der Waals surface area (Å²) in [6, 6.07) is 2.42. The highest BCUT2D eigenvalue weighted by Crippen LogP contribution is 2.25. The van der Waals surface area contributed by atoms with Crippen LogP contribution in [-0.4, -0.2) is 15.5 Å². The Kier molecular flexibility index (Phi) is 14.0. The summed E-state index contributed by atoms with van der Waals surface area (Å²) in [6.45, 7) is 8.60. The smallest absolute Gasteiger partial charge is 0.171 e. The van der Waals surface area contributed by atoms with Crippen molar-refractivity contribution in [2.45, 2.75) is 18.1 Å². The number of allylic oxidation sites excluding steroid dienone is 3. The van der Waals surface area contributed by atoms with Crippen molar-refractivity contribution in [2.24, 2.45) is 0 Å². The summed E-state index contributed by atoms with van der Waals surface area (Å²) < 4.78 is 0. The van der Waals surface area contributed by atoms with Gasteiger partial charge in [-0.1, -0.05) is 18.2 Å². The van der Waals surface area contributed by atoms with Crippen LogP contribution in [0.15, 0.2) is 38.0 Å². The fourth-order valence-corrected chi connectivity index (χ4v) is 3.32. The molecule has 0 aliphatic carbocycles. The number of hydrogen-bond donors (Lipinski definition) is 0. The molecular formula is C9H15Cl3Si2. The summed E-state index contributed by atoms with van der Waals surface area (Å²) in [7, 11) is 0.512. The molecule has 0 aromatic carbocycles. The molecule has 0 saturated heterocycles. The Morgan fingerprint density at radius 2 is 1.43 bits per heavy atom. The van der Waals surface area contributed by atoms with Gasteiger partial charge in [0.2, 0.25) is 0 Å². The summed E-state index contributed by atoms with van der Waals surface area (Å²) in [5.41, 5.74) is 0. The number of halogens is 3.